The van der Waals surface area contributed by atoms with Crippen LogP contribution in [0.25, 0.3) is 6.08 Å². The second-order valence-electron chi connectivity index (χ2n) is 3.82. The summed E-state index contributed by atoms with van der Waals surface area (Å²) in [6.45, 7) is 1.84. The van der Waals surface area contributed by atoms with E-state index in [1.807, 2.05) is 24.4 Å². The molecule has 18 heavy (non-hydrogen) atoms. The van der Waals surface area contributed by atoms with E-state index in [1.54, 1.807) is 18.2 Å². The fourth-order valence-electron chi connectivity index (χ4n) is 1.45. The third-order valence-corrected chi connectivity index (χ3v) is 3.16. The molecular formula is C14H12FNOS. The van der Waals surface area contributed by atoms with Crippen LogP contribution in [0.15, 0.2) is 41.8 Å². The number of aryl methyl sites for hydroxylation is 1. The van der Waals surface area contributed by atoms with Crippen molar-refractivity contribution in [3.05, 3.63) is 58.0 Å². The zero-order valence-corrected chi connectivity index (χ0v) is 10.6. The van der Waals surface area contributed by atoms with Crippen molar-refractivity contribution in [3.63, 3.8) is 0 Å². The lowest BCUT2D eigenvalue weighted by Gasteiger charge is -2.04. The quantitative estimate of drug-likeness (QED) is 0.835. The molecule has 2 rings (SSSR count). The highest BCUT2D eigenvalue weighted by atomic mass is 32.1. The first-order chi connectivity index (χ1) is 8.65. The average Bonchev–Trinajstić information content (AvgIpc) is 2.84. The molecule has 1 heterocycles. The summed E-state index contributed by atoms with van der Waals surface area (Å²) in [5.74, 6) is -0.772. The number of hydrogen-bond acceptors (Lipinski definition) is 2. The normalized spacial score (nSPS) is 10.8. The number of thiophene rings is 1. The molecule has 92 valence electrons. The number of carbonyl (C=O) groups is 1. The third kappa shape index (κ3) is 3.28. The Morgan fingerprint density at radius 3 is 2.94 bits per heavy atom. The van der Waals surface area contributed by atoms with Gasteiger partial charge in [0.25, 0.3) is 0 Å². The second-order valence-corrected chi connectivity index (χ2v) is 4.80. The van der Waals surface area contributed by atoms with Crippen LogP contribution in [0.1, 0.15) is 10.4 Å². The summed E-state index contributed by atoms with van der Waals surface area (Å²) in [5.41, 5.74) is 1.10. The van der Waals surface area contributed by atoms with Gasteiger partial charge >= 0.3 is 0 Å². The number of amides is 1. The van der Waals surface area contributed by atoms with E-state index in [0.717, 1.165) is 10.4 Å². The summed E-state index contributed by atoms with van der Waals surface area (Å²) in [6.07, 6.45) is 3.10. The van der Waals surface area contributed by atoms with Gasteiger partial charge < -0.3 is 5.32 Å². The van der Waals surface area contributed by atoms with Gasteiger partial charge in [-0.15, -0.1) is 11.3 Å². The van der Waals surface area contributed by atoms with Crippen molar-refractivity contribution in [3.8, 4) is 0 Å². The number of nitrogens with one attached hydrogen (secondary N) is 1. The molecule has 1 amide bonds. The van der Waals surface area contributed by atoms with Gasteiger partial charge in [-0.1, -0.05) is 12.1 Å². The first-order valence-electron chi connectivity index (χ1n) is 5.44. The molecule has 2 nitrogen and oxygen atoms in total. The lowest BCUT2D eigenvalue weighted by molar-refractivity contribution is -0.111. The zero-order valence-electron chi connectivity index (χ0n) is 9.81. The van der Waals surface area contributed by atoms with E-state index in [2.05, 4.69) is 5.32 Å². The Kier molecular flexibility index (Phi) is 3.89. The molecule has 0 fully saturated rings. The van der Waals surface area contributed by atoms with Crippen LogP contribution in [0.5, 0.6) is 0 Å². The first-order valence-corrected chi connectivity index (χ1v) is 6.32. The minimum Gasteiger partial charge on any atom is -0.320 e. The van der Waals surface area contributed by atoms with Gasteiger partial charge in [-0.25, -0.2) is 4.39 Å². The molecule has 2 aromatic rings. The van der Waals surface area contributed by atoms with Crippen LogP contribution in [-0.2, 0) is 4.79 Å². The van der Waals surface area contributed by atoms with E-state index >= 15 is 0 Å². The Balaban J connectivity index is 2.05. The molecule has 0 spiro atoms. The predicted octanol–water partition coefficient (Wildman–Crippen LogP) is 3.85. The molecule has 0 aliphatic heterocycles. The number of anilines is 1. The van der Waals surface area contributed by atoms with Crippen LogP contribution in [-0.4, -0.2) is 5.91 Å². The van der Waals surface area contributed by atoms with E-state index < -0.39 is 5.82 Å². The molecule has 0 aliphatic carbocycles. The first kappa shape index (κ1) is 12.5. The molecule has 0 radical (unpaired) electrons. The van der Waals surface area contributed by atoms with Crippen molar-refractivity contribution in [2.75, 3.05) is 5.32 Å². The summed E-state index contributed by atoms with van der Waals surface area (Å²) in [4.78, 5) is 12.6. The van der Waals surface area contributed by atoms with Crippen molar-refractivity contribution >= 4 is 29.0 Å². The highest BCUT2D eigenvalue weighted by Gasteiger charge is 2.04. The van der Waals surface area contributed by atoms with Gasteiger partial charge in [-0.05, 0) is 42.1 Å². The Hall–Kier alpha value is -1.94. The Morgan fingerprint density at radius 1 is 1.39 bits per heavy atom. The number of benzene rings is 1. The lowest BCUT2D eigenvalue weighted by Crippen LogP contribution is -2.09. The summed E-state index contributed by atoms with van der Waals surface area (Å²) in [5, 5.41) is 4.45. The van der Waals surface area contributed by atoms with Gasteiger partial charge in [-0.2, -0.15) is 0 Å². The Morgan fingerprint density at radius 2 is 2.22 bits per heavy atom. The number of hydrogen-bond donors (Lipinski definition) is 1. The molecule has 0 unspecified atom stereocenters. The van der Waals surface area contributed by atoms with E-state index in [-0.39, 0.29) is 11.6 Å². The zero-order chi connectivity index (χ0) is 13.0. The van der Waals surface area contributed by atoms with Gasteiger partial charge in [0.2, 0.25) is 5.91 Å². The average molecular weight is 261 g/mol. The van der Waals surface area contributed by atoms with Crippen LogP contribution < -0.4 is 5.32 Å². The monoisotopic (exact) mass is 261 g/mol. The van der Waals surface area contributed by atoms with E-state index in [0.29, 0.717) is 0 Å². The molecule has 1 N–H and O–H groups in total. The lowest BCUT2D eigenvalue weighted by atomic mass is 10.2. The summed E-state index contributed by atoms with van der Waals surface area (Å²) in [7, 11) is 0. The van der Waals surface area contributed by atoms with E-state index in [9.17, 15) is 9.18 Å². The largest absolute Gasteiger partial charge is 0.320 e. The fourth-order valence-corrected chi connectivity index (χ4v) is 2.07. The van der Waals surface area contributed by atoms with Crippen molar-refractivity contribution in [1.82, 2.24) is 0 Å². The molecular weight excluding hydrogens is 249 g/mol. The summed E-state index contributed by atoms with van der Waals surface area (Å²) < 4.78 is 13.4. The van der Waals surface area contributed by atoms with Crippen molar-refractivity contribution in [1.29, 1.82) is 0 Å². The van der Waals surface area contributed by atoms with Crippen molar-refractivity contribution in [2.24, 2.45) is 0 Å². The summed E-state index contributed by atoms with van der Waals surface area (Å²) in [6, 6.07) is 8.41. The second kappa shape index (κ2) is 5.60. The molecule has 0 bridgehead atoms. The number of halogens is 1. The smallest absolute Gasteiger partial charge is 0.248 e. The van der Waals surface area contributed by atoms with Gasteiger partial charge in [-0.3, -0.25) is 4.79 Å². The molecule has 0 saturated carbocycles. The maximum Gasteiger partial charge on any atom is 0.248 e. The predicted molar refractivity (Wildman–Crippen MR) is 73.1 cm³/mol. The maximum atomic E-state index is 13.4. The highest BCUT2D eigenvalue weighted by Crippen LogP contribution is 2.16. The molecule has 1 aromatic heterocycles. The van der Waals surface area contributed by atoms with Crippen molar-refractivity contribution < 1.29 is 9.18 Å². The van der Waals surface area contributed by atoms with Crippen LogP contribution in [0, 0.1) is 12.7 Å². The maximum absolute atomic E-state index is 13.4. The van der Waals surface area contributed by atoms with Crippen LogP contribution in [0.3, 0.4) is 0 Å². The van der Waals surface area contributed by atoms with Gasteiger partial charge in [0.1, 0.15) is 5.82 Å². The van der Waals surface area contributed by atoms with Crippen LogP contribution in [0.2, 0.25) is 0 Å². The van der Waals surface area contributed by atoms with Gasteiger partial charge in [0.05, 0.1) is 5.69 Å². The SMILES string of the molecule is Cc1ccc(F)c(NC(=O)/C=C/c2cccs2)c1. The molecule has 0 aliphatic rings. The molecule has 0 saturated heterocycles. The minimum absolute atomic E-state index is 0.204. The molecule has 4 heteroatoms. The van der Waals surface area contributed by atoms with Gasteiger partial charge in [0, 0.05) is 11.0 Å². The van der Waals surface area contributed by atoms with E-state index in [4.69, 9.17) is 0 Å². The topological polar surface area (TPSA) is 29.1 Å². The van der Waals surface area contributed by atoms with Crippen molar-refractivity contribution in [2.45, 2.75) is 6.92 Å². The van der Waals surface area contributed by atoms with E-state index in [1.165, 1.54) is 23.5 Å². The van der Waals surface area contributed by atoms with Crippen LogP contribution in [0.4, 0.5) is 10.1 Å². The molecule has 1 aromatic carbocycles. The number of rotatable bonds is 3. The standard InChI is InChI=1S/C14H12FNOS/c1-10-4-6-12(15)13(9-10)16-14(17)7-5-11-3-2-8-18-11/h2-9H,1H3,(H,16,17)/b7-5+. The number of carbonyl (C=O) groups excluding carboxylic acids is 1. The third-order valence-electron chi connectivity index (χ3n) is 2.32. The highest BCUT2D eigenvalue weighted by molar-refractivity contribution is 7.10. The van der Waals surface area contributed by atoms with Gasteiger partial charge in [0.15, 0.2) is 0 Å². The fraction of sp³-hybridized carbons (Fsp3) is 0.0714. The molecule has 0 atom stereocenters. The summed E-state index contributed by atoms with van der Waals surface area (Å²) >= 11 is 1.54. The minimum atomic E-state index is -0.432. The Labute approximate surface area is 109 Å². The Bertz CT molecular complexity index is 575. The van der Waals surface area contributed by atoms with Crippen LogP contribution >= 0.6 is 11.3 Å².